The van der Waals surface area contributed by atoms with Gasteiger partial charge in [-0.3, -0.25) is 4.90 Å². The summed E-state index contributed by atoms with van der Waals surface area (Å²) in [6.07, 6.45) is 4.23. The van der Waals surface area contributed by atoms with Crippen LogP contribution in [0, 0.1) is 0 Å². The molecule has 2 aromatic rings. The maximum atomic E-state index is 13.7. The standard InChI is InChI=1S/C26H30F3N7O2/c27-26(28,29)21-17-32-24(34-23(21)31-8-3-12-36-11-1-2-15-38-25(36)37)33-22-7-6-19(16-20(22)18-4-5-18)35-13-9-30-10-14-35/h1-2,6-7,11,15-18,30H,3-5,8-10,12-14H2,(H2,31,32,33,34). The summed E-state index contributed by atoms with van der Waals surface area (Å²) in [7, 11) is 0. The van der Waals surface area contributed by atoms with Crippen molar-refractivity contribution in [1.29, 1.82) is 0 Å². The van der Waals surface area contributed by atoms with Crippen LogP contribution in [0.5, 0.6) is 0 Å². The number of piperazine rings is 1. The molecule has 12 heteroatoms. The molecule has 3 N–H and O–H groups in total. The van der Waals surface area contributed by atoms with E-state index in [1.807, 2.05) is 12.1 Å². The highest BCUT2D eigenvalue weighted by Crippen LogP contribution is 2.45. The fourth-order valence-electron chi connectivity index (χ4n) is 4.47. The summed E-state index contributed by atoms with van der Waals surface area (Å²) >= 11 is 0. The number of hydrogen-bond acceptors (Lipinski definition) is 8. The number of rotatable bonds is 9. The highest BCUT2D eigenvalue weighted by atomic mass is 19.4. The maximum Gasteiger partial charge on any atom is 0.421 e. The number of allylic oxidation sites excluding steroid dienone is 2. The van der Waals surface area contributed by atoms with Gasteiger partial charge in [-0.15, -0.1) is 0 Å². The molecule has 0 radical (unpaired) electrons. The molecule has 5 rings (SSSR count). The Bertz CT molecular complexity index is 1210. The number of carbonyl (C=O) groups is 1. The first-order chi connectivity index (χ1) is 18.4. The third-order valence-electron chi connectivity index (χ3n) is 6.60. The number of nitrogens with zero attached hydrogens (tertiary/aromatic N) is 4. The minimum atomic E-state index is -4.62. The molecule has 38 heavy (non-hydrogen) atoms. The van der Waals surface area contributed by atoms with Crippen molar-refractivity contribution in [2.45, 2.75) is 31.4 Å². The first-order valence-corrected chi connectivity index (χ1v) is 12.7. The molecule has 0 spiro atoms. The summed E-state index contributed by atoms with van der Waals surface area (Å²) in [6, 6.07) is 6.16. The van der Waals surface area contributed by atoms with Crippen LogP contribution in [-0.2, 0) is 10.9 Å². The molecule has 1 aromatic heterocycles. The van der Waals surface area contributed by atoms with E-state index in [0.717, 1.165) is 62.2 Å². The van der Waals surface area contributed by atoms with Crippen LogP contribution < -0.4 is 20.9 Å². The lowest BCUT2D eigenvalue weighted by atomic mass is 10.1. The van der Waals surface area contributed by atoms with Crippen molar-refractivity contribution >= 4 is 29.2 Å². The van der Waals surface area contributed by atoms with E-state index in [-0.39, 0.29) is 24.9 Å². The molecule has 2 fully saturated rings. The second kappa shape index (κ2) is 11.3. The van der Waals surface area contributed by atoms with Crippen molar-refractivity contribution in [3.63, 3.8) is 0 Å². The molecule has 1 saturated carbocycles. The largest absolute Gasteiger partial charge is 0.421 e. The quantitative estimate of drug-likeness (QED) is 0.399. The number of aromatic nitrogens is 2. The number of hydrogen-bond donors (Lipinski definition) is 3. The molecule has 1 aliphatic carbocycles. The lowest BCUT2D eigenvalue weighted by Crippen LogP contribution is -2.43. The molecular formula is C26H30F3N7O2. The Morgan fingerprint density at radius 3 is 2.74 bits per heavy atom. The topological polar surface area (TPSA) is 94.6 Å². The molecule has 9 nitrogen and oxygen atoms in total. The minimum absolute atomic E-state index is 0.0856. The van der Waals surface area contributed by atoms with Crippen LogP contribution in [0.15, 0.2) is 49.0 Å². The molecule has 1 saturated heterocycles. The Balaban J connectivity index is 1.29. The summed E-state index contributed by atoms with van der Waals surface area (Å²) in [6.45, 7) is 4.16. The van der Waals surface area contributed by atoms with E-state index in [2.05, 4.69) is 36.9 Å². The molecular weight excluding hydrogens is 499 g/mol. The zero-order valence-corrected chi connectivity index (χ0v) is 20.8. The minimum Gasteiger partial charge on any atom is -0.418 e. The van der Waals surface area contributed by atoms with Gasteiger partial charge in [-0.2, -0.15) is 18.2 Å². The van der Waals surface area contributed by atoms with Gasteiger partial charge >= 0.3 is 12.3 Å². The number of benzene rings is 1. The molecule has 0 atom stereocenters. The molecule has 3 heterocycles. The predicted molar refractivity (Wildman–Crippen MR) is 138 cm³/mol. The van der Waals surface area contributed by atoms with Crippen LogP contribution in [0.3, 0.4) is 0 Å². The summed E-state index contributed by atoms with van der Waals surface area (Å²) in [5.74, 6) is 0.195. The number of amides is 1. The van der Waals surface area contributed by atoms with E-state index < -0.39 is 17.8 Å². The first kappa shape index (κ1) is 25.8. The number of halogens is 3. The number of nitrogens with one attached hydrogen (secondary N) is 3. The summed E-state index contributed by atoms with van der Waals surface area (Å²) < 4.78 is 45.9. The van der Waals surface area contributed by atoms with Gasteiger partial charge in [0.1, 0.15) is 11.4 Å². The van der Waals surface area contributed by atoms with Gasteiger partial charge in [0.05, 0.1) is 6.26 Å². The summed E-state index contributed by atoms with van der Waals surface area (Å²) in [5.41, 5.74) is 2.13. The first-order valence-electron chi connectivity index (χ1n) is 12.7. The molecule has 2 aliphatic heterocycles. The molecule has 0 unspecified atom stereocenters. The zero-order chi connectivity index (χ0) is 26.5. The Morgan fingerprint density at radius 1 is 1.16 bits per heavy atom. The van der Waals surface area contributed by atoms with E-state index >= 15 is 0 Å². The second-order valence-corrected chi connectivity index (χ2v) is 9.39. The molecule has 3 aliphatic rings. The lowest BCUT2D eigenvalue weighted by Gasteiger charge is -2.30. The Morgan fingerprint density at radius 2 is 1.97 bits per heavy atom. The van der Waals surface area contributed by atoms with Crippen molar-refractivity contribution in [3.8, 4) is 0 Å². The summed E-state index contributed by atoms with van der Waals surface area (Å²) in [4.78, 5) is 23.7. The fourth-order valence-corrected chi connectivity index (χ4v) is 4.47. The Hall–Kier alpha value is -3.80. The number of cyclic esters (lactones) is 1. The third kappa shape index (κ3) is 6.36. The smallest absolute Gasteiger partial charge is 0.418 e. The van der Waals surface area contributed by atoms with Crippen LogP contribution in [-0.4, -0.2) is 60.2 Å². The average Bonchev–Trinajstić information content (AvgIpc) is 3.76. The number of alkyl halides is 3. The van der Waals surface area contributed by atoms with Gasteiger partial charge < -0.3 is 25.6 Å². The maximum absolute atomic E-state index is 13.7. The van der Waals surface area contributed by atoms with Gasteiger partial charge in [0.15, 0.2) is 0 Å². The van der Waals surface area contributed by atoms with Crippen LogP contribution in [0.4, 0.5) is 41.1 Å². The van der Waals surface area contributed by atoms with Crippen molar-refractivity contribution < 1.29 is 22.7 Å². The van der Waals surface area contributed by atoms with Gasteiger partial charge in [0.25, 0.3) is 0 Å². The number of carbonyl (C=O) groups excluding carboxylic acids is 1. The predicted octanol–water partition coefficient (Wildman–Crippen LogP) is 4.81. The van der Waals surface area contributed by atoms with E-state index in [1.54, 1.807) is 18.4 Å². The highest BCUT2D eigenvalue weighted by Gasteiger charge is 2.35. The average molecular weight is 530 g/mol. The van der Waals surface area contributed by atoms with Gasteiger partial charge in [-0.1, -0.05) is 0 Å². The van der Waals surface area contributed by atoms with Crippen molar-refractivity contribution in [2.24, 2.45) is 0 Å². The Kier molecular flexibility index (Phi) is 7.68. The van der Waals surface area contributed by atoms with Gasteiger partial charge in [0.2, 0.25) is 5.95 Å². The van der Waals surface area contributed by atoms with Crippen LogP contribution in [0.25, 0.3) is 0 Å². The Labute approximate surface area is 218 Å². The van der Waals surface area contributed by atoms with E-state index in [4.69, 9.17) is 4.74 Å². The van der Waals surface area contributed by atoms with E-state index in [1.165, 1.54) is 11.2 Å². The van der Waals surface area contributed by atoms with Crippen LogP contribution in [0.2, 0.25) is 0 Å². The molecule has 1 aromatic carbocycles. The second-order valence-electron chi connectivity index (χ2n) is 9.39. The molecule has 1 amide bonds. The van der Waals surface area contributed by atoms with Crippen LogP contribution in [0.1, 0.15) is 36.3 Å². The van der Waals surface area contributed by atoms with E-state index in [9.17, 15) is 18.0 Å². The monoisotopic (exact) mass is 529 g/mol. The molecule has 202 valence electrons. The van der Waals surface area contributed by atoms with Crippen LogP contribution >= 0.6 is 0 Å². The lowest BCUT2D eigenvalue weighted by molar-refractivity contribution is -0.137. The number of anilines is 4. The van der Waals surface area contributed by atoms with Gasteiger partial charge in [0, 0.05) is 63.0 Å². The SMILES string of the molecule is O=C1OC=CC=CN1CCCNc1nc(Nc2ccc(N3CCNCC3)cc2C2CC2)ncc1C(F)(F)F. The van der Waals surface area contributed by atoms with E-state index in [0.29, 0.717) is 12.3 Å². The van der Waals surface area contributed by atoms with Crippen molar-refractivity contribution in [1.82, 2.24) is 20.2 Å². The molecule has 0 bridgehead atoms. The summed E-state index contributed by atoms with van der Waals surface area (Å²) in [5, 5.41) is 9.28. The number of ether oxygens (including phenoxy) is 1. The highest BCUT2D eigenvalue weighted by molar-refractivity contribution is 5.70. The fraction of sp³-hybridized carbons (Fsp3) is 0.423. The van der Waals surface area contributed by atoms with Gasteiger partial charge in [-0.05, 0) is 61.1 Å². The van der Waals surface area contributed by atoms with Crippen molar-refractivity contribution in [2.75, 3.05) is 54.8 Å². The zero-order valence-electron chi connectivity index (χ0n) is 20.8. The third-order valence-corrected chi connectivity index (χ3v) is 6.60. The van der Waals surface area contributed by atoms with Gasteiger partial charge in [-0.25, -0.2) is 9.78 Å². The normalized spacial score (nSPS) is 17.8. The van der Waals surface area contributed by atoms with Crippen molar-refractivity contribution in [3.05, 3.63) is 60.1 Å².